The Hall–Kier alpha value is -0.470. The molecule has 74 valence electrons. The molecule has 0 fully saturated rings. The monoisotopic (exact) mass is 271 g/mol. The van der Waals surface area contributed by atoms with E-state index in [0.717, 1.165) is 17.0 Å². The summed E-state index contributed by atoms with van der Waals surface area (Å²) < 4.78 is 3.32. The molecule has 3 heteroatoms. The van der Waals surface area contributed by atoms with Gasteiger partial charge in [-0.3, -0.25) is 0 Å². The van der Waals surface area contributed by atoms with Crippen molar-refractivity contribution in [1.29, 1.82) is 0 Å². The largest absolute Gasteiger partial charge is 0.345 e. The average molecular weight is 273 g/mol. The Morgan fingerprint density at radius 1 is 1.43 bits per heavy atom. The first-order chi connectivity index (χ1) is 6.66. The average Bonchev–Trinajstić information content (AvgIpc) is 2.41. The number of aromatic nitrogens is 1. The van der Waals surface area contributed by atoms with Gasteiger partial charge in [-0.1, -0.05) is 30.7 Å². The molecule has 0 aliphatic heterocycles. The molecule has 1 aromatic heterocycles. The lowest BCUT2D eigenvalue weighted by Gasteiger charge is -2.01. The minimum Gasteiger partial charge on any atom is -0.345 e. The molecule has 14 heavy (non-hydrogen) atoms. The van der Waals surface area contributed by atoms with E-state index in [0.29, 0.717) is 0 Å². The molecule has 0 bridgehead atoms. The van der Waals surface area contributed by atoms with Gasteiger partial charge in [-0.15, -0.1) is 0 Å². The van der Waals surface area contributed by atoms with Crippen molar-refractivity contribution in [2.45, 2.75) is 13.3 Å². The first-order valence-electron chi connectivity index (χ1n) is 4.58. The Labute approximate surface area is 96.8 Å². The molecule has 0 amide bonds. The van der Waals surface area contributed by atoms with Crippen molar-refractivity contribution < 1.29 is 0 Å². The van der Waals surface area contributed by atoms with Gasteiger partial charge in [-0.25, -0.2) is 0 Å². The number of halogens is 2. The van der Waals surface area contributed by atoms with Crippen LogP contribution in [0, 0.1) is 0 Å². The lowest BCUT2D eigenvalue weighted by Crippen LogP contribution is -1.94. The molecule has 0 spiro atoms. The molecule has 1 aromatic carbocycles. The molecule has 2 rings (SSSR count). The summed E-state index contributed by atoms with van der Waals surface area (Å²) in [6.07, 6.45) is 1.00. The molecule has 0 saturated carbocycles. The van der Waals surface area contributed by atoms with Crippen LogP contribution in [0.3, 0.4) is 0 Å². The topological polar surface area (TPSA) is 4.93 Å². The van der Waals surface area contributed by atoms with E-state index in [2.05, 4.69) is 40.5 Å². The molecule has 2 aromatic rings. The zero-order chi connectivity index (χ0) is 10.3. The van der Waals surface area contributed by atoms with Gasteiger partial charge in [0.2, 0.25) is 0 Å². The fraction of sp³-hybridized carbons (Fsp3) is 0.273. The van der Waals surface area contributed by atoms with Gasteiger partial charge in [0.1, 0.15) is 0 Å². The van der Waals surface area contributed by atoms with Crippen LogP contribution in [-0.4, -0.2) is 4.57 Å². The number of hydrogen-bond acceptors (Lipinski definition) is 0. The van der Waals surface area contributed by atoms with Gasteiger partial charge >= 0.3 is 0 Å². The van der Waals surface area contributed by atoms with Gasteiger partial charge < -0.3 is 4.57 Å². The fourth-order valence-corrected chi connectivity index (χ4v) is 3.03. The van der Waals surface area contributed by atoms with E-state index in [1.165, 1.54) is 15.6 Å². The molecule has 0 atom stereocenters. The smallest absolute Gasteiger partial charge is 0.0681 e. The molecule has 1 nitrogen and oxygen atoms in total. The second kappa shape index (κ2) is 3.59. The Balaban J connectivity index is 2.94. The van der Waals surface area contributed by atoms with Crippen molar-refractivity contribution in [1.82, 2.24) is 4.57 Å². The number of benzene rings is 1. The third kappa shape index (κ3) is 1.29. The highest BCUT2D eigenvalue weighted by molar-refractivity contribution is 9.10. The highest BCUT2D eigenvalue weighted by Crippen LogP contribution is 2.34. The van der Waals surface area contributed by atoms with Gasteiger partial charge in [0.15, 0.2) is 0 Å². The van der Waals surface area contributed by atoms with E-state index in [9.17, 15) is 0 Å². The van der Waals surface area contributed by atoms with Gasteiger partial charge in [-0.2, -0.15) is 0 Å². The molecule has 1 heterocycles. The van der Waals surface area contributed by atoms with Crippen molar-refractivity contribution in [3.8, 4) is 0 Å². The zero-order valence-corrected chi connectivity index (χ0v) is 10.5. The minimum absolute atomic E-state index is 0.811. The van der Waals surface area contributed by atoms with E-state index >= 15 is 0 Å². The summed E-state index contributed by atoms with van der Waals surface area (Å²) in [5.41, 5.74) is 2.39. The van der Waals surface area contributed by atoms with Crippen LogP contribution in [-0.2, 0) is 13.5 Å². The lowest BCUT2D eigenvalue weighted by molar-refractivity contribution is 0.861. The van der Waals surface area contributed by atoms with Gasteiger partial charge in [0.05, 0.1) is 10.5 Å². The number of nitrogens with zero attached hydrogens (tertiary/aromatic N) is 1. The van der Waals surface area contributed by atoms with Crippen LogP contribution in [0.2, 0.25) is 5.02 Å². The van der Waals surface area contributed by atoms with Crippen molar-refractivity contribution in [2.24, 2.45) is 7.05 Å². The Morgan fingerprint density at radius 3 is 2.71 bits per heavy atom. The molecule has 0 aliphatic rings. The first-order valence-corrected chi connectivity index (χ1v) is 5.75. The van der Waals surface area contributed by atoms with E-state index in [-0.39, 0.29) is 0 Å². The number of fused-ring (bicyclic) bond motifs is 1. The van der Waals surface area contributed by atoms with Gasteiger partial charge in [-0.05, 0) is 28.4 Å². The number of rotatable bonds is 1. The Morgan fingerprint density at radius 2 is 2.14 bits per heavy atom. The summed E-state index contributed by atoms with van der Waals surface area (Å²) in [5, 5.41) is 2.00. The zero-order valence-electron chi connectivity index (χ0n) is 8.14. The van der Waals surface area contributed by atoms with E-state index in [1.807, 2.05) is 12.1 Å². The predicted molar refractivity (Wildman–Crippen MR) is 65.0 cm³/mol. The maximum atomic E-state index is 6.16. The van der Waals surface area contributed by atoms with E-state index in [1.54, 1.807) is 0 Å². The third-order valence-electron chi connectivity index (χ3n) is 2.55. The molecule has 0 saturated heterocycles. The number of aryl methyl sites for hydroxylation is 1. The molecular formula is C11H11BrClN. The second-order valence-electron chi connectivity index (χ2n) is 3.31. The SMILES string of the molecule is CCc1c(Br)c2cccc(Cl)c2n1C. The summed E-state index contributed by atoms with van der Waals surface area (Å²) >= 11 is 9.78. The number of hydrogen-bond donors (Lipinski definition) is 0. The fourth-order valence-electron chi connectivity index (χ4n) is 1.86. The molecule has 0 radical (unpaired) electrons. The molecule has 0 unspecified atom stereocenters. The minimum atomic E-state index is 0.811. The number of para-hydroxylation sites is 1. The summed E-state index contributed by atoms with van der Waals surface area (Å²) in [6, 6.07) is 6.00. The normalized spacial score (nSPS) is 11.1. The van der Waals surface area contributed by atoms with Crippen LogP contribution >= 0.6 is 27.5 Å². The molecule has 0 N–H and O–H groups in total. The van der Waals surface area contributed by atoms with Gasteiger partial charge in [0, 0.05) is 22.6 Å². The predicted octanol–water partition coefficient (Wildman–Crippen LogP) is 4.16. The maximum absolute atomic E-state index is 6.16. The summed E-state index contributed by atoms with van der Waals surface area (Å²) in [5.74, 6) is 0. The summed E-state index contributed by atoms with van der Waals surface area (Å²) in [6.45, 7) is 2.15. The quantitative estimate of drug-likeness (QED) is 0.735. The third-order valence-corrected chi connectivity index (χ3v) is 3.74. The molecule has 0 aliphatic carbocycles. The Kier molecular flexibility index (Phi) is 2.58. The standard InChI is InChI=1S/C11H11BrClN/c1-3-9-10(12)7-5-4-6-8(13)11(7)14(9)2/h4-6H,3H2,1-2H3. The van der Waals surface area contributed by atoms with Crippen LogP contribution < -0.4 is 0 Å². The van der Waals surface area contributed by atoms with Crippen LogP contribution in [0.5, 0.6) is 0 Å². The maximum Gasteiger partial charge on any atom is 0.0681 e. The summed E-state index contributed by atoms with van der Waals surface area (Å²) in [4.78, 5) is 0. The van der Waals surface area contributed by atoms with Crippen molar-refractivity contribution >= 4 is 38.4 Å². The highest BCUT2D eigenvalue weighted by atomic mass is 79.9. The highest BCUT2D eigenvalue weighted by Gasteiger charge is 2.12. The van der Waals surface area contributed by atoms with E-state index < -0.39 is 0 Å². The van der Waals surface area contributed by atoms with Crippen molar-refractivity contribution in [2.75, 3.05) is 0 Å². The van der Waals surface area contributed by atoms with E-state index in [4.69, 9.17) is 11.6 Å². The lowest BCUT2D eigenvalue weighted by atomic mass is 10.2. The van der Waals surface area contributed by atoms with Gasteiger partial charge in [0.25, 0.3) is 0 Å². The molecular weight excluding hydrogens is 261 g/mol. The summed E-state index contributed by atoms with van der Waals surface area (Å²) in [7, 11) is 2.05. The van der Waals surface area contributed by atoms with Crippen LogP contribution in [0.4, 0.5) is 0 Å². The van der Waals surface area contributed by atoms with Crippen molar-refractivity contribution in [3.05, 3.63) is 33.4 Å². The van der Waals surface area contributed by atoms with Crippen molar-refractivity contribution in [3.63, 3.8) is 0 Å². The van der Waals surface area contributed by atoms with Crippen LogP contribution in [0.1, 0.15) is 12.6 Å². The second-order valence-corrected chi connectivity index (χ2v) is 4.51. The van der Waals surface area contributed by atoms with Crippen LogP contribution in [0.15, 0.2) is 22.7 Å². The first kappa shape index (κ1) is 10.1. The Bertz CT molecular complexity index is 487. The van der Waals surface area contributed by atoms with Crippen LogP contribution in [0.25, 0.3) is 10.9 Å².